The predicted octanol–water partition coefficient (Wildman–Crippen LogP) is 4.14. The molecule has 1 aliphatic heterocycles. The smallest absolute Gasteiger partial charge is 0.294 e. The molecular weight excluding hydrogens is 460 g/mol. The number of nitrogens with one attached hydrogen (secondary N) is 1. The molecule has 9 heteroatoms. The Bertz CT molecular complexity index is 1010. The van der Waals surface area contributed by atoms with Crippen molar-refractivity contribution in [1.82, 2.24) is 4.90 Å². The average molecular weight is 477 g/mol. The van der Waals surface area contributed by atoms with Crippen LogP contribution < -0.4 is 14.8 Å². The molecule has 1 fully saturated rings. The first-order chi connectivity index (χ1) is 13.9. The molecule has 0 atom stereocenters. The zero-order valence-electron chi connectivity index (χ0n) is 15.6. The van der Waals surface area contributed by atoms with Gasteiger partial charge in [-0.05, 0) is 63.6 Å². The Labute approximate surface area is 180 Å². The average Bonchev–Trinajstić information content (AvgIpc) is 2.96. The van der Waals surface area contributed by atoms with Gasteiger partial charge in [0.1, 0.15) is 18.0 Å². The van der Waals surface area contributed by atoms with Crippen molar-refractivity contribution in [1.29, 1.82) is 0 Å². The molecule has 29 heavy (non-hydrogen) atoms. The summed E-state index contributed by atoms with van der Waals surface area (Å²) in [7, 11) is 3.05. The molecule has 0 saturated carbocycles. The standard InChI is InChI=1S/C20H17BrN2O5S/c1-27-15-8-7-12(9-13(15)21)10-17-19(25)23(20(26)29-17)11-18(24)22-14-5-3-4-6-16(14)28-2/h3-10H,11H2,1-2H3,(H,22,24)/b17-10+. The fourth-order valence-corrected chi connectivity index (χ4v) is 4.04. The van der Waals surface area contributed by atoms with Crippen LogP contribution in [0.5, 0.6) is 11.5 Å². The minimum atomic E-state index is -0.512. The monoisotopic (exact) mass is 476 g/mol. The lowest BCUT2D eigenvalue weighted by Gasteiger charge is -2.14. The molecule has 2 aromatic rings. The van der Waals surface area contributed by atoms with E-state index in [4.69, 9.17) is 9.47 Å². The molecular formula is C20H17BrN2O5S. The molecule has 0 spiro atoms. The lowest BCUT2D eigenvalue weighted by Crippen LogP contribution is -2.36. The number of rotatable bonds is 6. The van der Waals surface area contributed by atoms with Crippen LogP contribution in [-0.2, 0) is 9.59 Å². The minimum Gasteiger partial charge on any atom is -0.496 e. The Morgan fingerprint density at radius 3 is 2.55 bits per heavy atom. The Morgan fingerprint density at radius 2 is 1.86 bits per heavy atom. The summed E-state index contributed by atoms with van der Waals surface area (Å²) >= 11 is 4.18. The fourth-order valence-electron chi connectivity index (χ4n) is 2.64. The van der Waals surface area contributed by atoms with Gasteiger partial charge in [-0.15, -0.1) is 0 Å². The van der Waals surface area contributed by atoms with E-state index < -0.39 is 17.1 Å². The lowest BCUT2D eigenvalue weighted by atomic mass is 10.2. The molecule has 7 nitrogen and oxygen atoms in total. The number of amides is 3. The summed E-state index contributed by atoms with van der Waals surface area (Å²) in [5.74, 6) is 0.135. The number of para-hydroxylation sites is 2. The van der Waals surface area contributed by atoms with E-state index in [1.165, 1.54) is 7.11 Å². The van der Waals surface area contributed by atoms with Crippen LogP contribution in [0.2, 0.25) is 0 Å². The highest BCUT2D eigenvalue weighted by Crippen LogP contribution is 2.34. The van der Waals surface area contributed by atoms with Gasteiger partial charge in [0.05, 0.1) is 29.3 Å². The molecule has 0 radical (unpaired) electrons. The van der Waals surface area contributed by atoms with Gasteiger partial charge in [-0.2, -0.15) is 0 Å². The first-order valence-corrected chi connectivity index (χ1v) is 10.1. The number of nitrogens with zero attached hydrogens (tertiary/aromatic N) is 1. The molecule has 0 bridgehead atoms. The third-order valence-corrected chi connectivity index (χ3v) is 5.56. The number of hydrogen-bond donors (Lipinski definition) is 1. The number of carbonyl (C=O) groups is 3. The van der Waals surface area contributed by atoms with Crippen molar-refractivity contribution >= 4 is 56.5 Å². The summed E-state index contributed by atoms with van der Waals surface area (Å²) < 4.78 is 11.1. The van der Waals surface area contributed by atoms with Gasteiger partial charge in [-0.1, -0.05) is 18.2 Å². The number of ether oxygens (including phenoxy) is 2. The van der Waals surface area contributed by atoms with Crippen molar-refractivity contribution in [2.24, 2.45) is 0 Å². The van der Waals surface area contributed by atoms with Crippen molar-refractivity contribution in [2.75, 3.05) is 26.1 Å². The molecule has 150 valence electrons. The molecule has 0 aromatic heterocycles. The minimum absolute atomic E-state index is 0.247. The number of benzene rings is 2. The predicted molar refractivity (Wildman–Crippen MR) is 115 cm³/mol. The number of thioether (sulfide) groups is 1. The number of carbonyl (C=O) groups excluding carboxylic acids is 3. The van der Waals surface area contributed by atoms with Gasteiger partial charge in [-0.3, -0.25) is 19.3 Å². The second-order valence-corrected chi connectivity index (χ2v) is 7.76. The summed E-state index contributed by atoms with van der Waals surface area (Å²) in [6.45, 7) is -0.383. The Hall–Kier alpha value is -2.78. The van der Waals surface area contributed by atoms with Gasteiger partial charge in [0.15, 0.2) is 0 Å². The maximum Gasteiger partial charge on any atom is 0.294 e. The van der Waals surface area contributed by atoms with Gasteiger partial charge in [0.25, 0.3) is 11.1 Å². The number of anilines is 1. The first kappa shape index (κ1) is 20.9. The summed E-state index contributed by atoms with van der Waals surface area (Å²) in [5, 5.41) is 2.16. The largest absolute Gasteiger partial charge is 0.496 e. The second kappa shape index (κ2) is 9.15. The normalized spacial score (nSPS) is 15.0. The van der Waals surface area contributed by atoms with Gasteiger partial charge in [-0.25, -0.2) is 0 Å². The number of halogens is 1. The number of methoxy groups -OCH3 is 2. The van der Waals surface area contributed by atoms with Crippen molar-refractivity contribution in [3.05, 3.63) is 57.4 Å². The molecule has 1 heterocycles. The van der Waals surface area contributed by atoms with E-state index in [0.717, 1.165) is 26.7 Å². The molecule has 2 aromatic carbocycles. The summed E-state index contributed by atoms with van der Waals surface area (Å²) in [5.41, 5.74) is 1.19. The summed E-state index contributed by atoms with van der Waals surface area (Å²) in [6.07, 6.45) is 1.60. The van der Waals surface area contributed by atoms with Gasteiger partial charge < -0.3 is 14.8 Å². The quantitative estimate of drug-likeness (QED) is 0.630. The lowest BCUT2D eigenvalue weighted by molar-refractivity contribution is -0.127. The van der Waals surface area contributed by atoms with Crippen LogP contribution in [-0.4, -0.2) is 42.7 Å². The van der Waals surface area contributed by atoms with E-state index in [1.54, 1.807) is 55.7 Å². The molecule has 1 saturated heterocycles. The van der Waals surface area contributed by atoms with Crippen LogP contribution in [0, 0.1) is 0 Å². The van der Waals surface area contributed by atoms with E-state index in [2.05, 4.69) is 21.2 Å². The number of hydrogen-bond acceptors (Lipinski definition) is 6. The maximum absolute atomic E-state index is 12.6. The zero-order chi connectivity index (χ0) is 21.0. The third kappa shape index (κ3) is 4.80. The summed E-state index contributed by atoms with van der Waals surface area (Å²) in [4.78, 5) is 38.4. The van der Waals surface area contributed by atoms with E-state index in [-0.39, 0.29) is 11.4 Å². The Kier molecular flexibility index (Phi) is 6.60. The van der Waals surface area contributed by atoms with Gasteiger partial charge in [0.2, 0.25) is 5.91 Å². The molecule has 1 N–H and O–H groups in total. The van der Waals surface area contributed by atoms with E-state index in [1.807, 2.05) is 0 Å². The molecule has 3 rings (SSSR count). The molecule has 3 amide bonds. The van der Waals surface area contributed by atoms with Crippen LogP contribution >= 0.6 is 27.7 Å². The van der Waals surface area contributed by atoms with Crippen molar-refractivity contribution in [3.63, 3.8) is 0 Å². The number of imide groups is 1. The van der Waals surface area contributed by atoms with Crippen LogP contribution in [0.3, 0.4) is 0 Å². The SMILES string of the molecule is COc1ccc(/C=C2/SC(=O)N(CC(=O)Nc3ccccc3OC)C2=O)cc1Br. The van der Waals surface area contributed by atoms with Crippen molar-refractivity contribution < 1.29 is 23.9 Å². The Balaban J connectivity index is 1.72. The van der Waals surface area contributed by atoms with Crippen LogP contribution in [0.25, 0.3) is 6.08 Å². The summed E-state index contributed by atoms with van der Waals surface area (Å²) in [6, 6.07) is 12.2. The zero-order valence-corrected chi connectivity index (χ0v) is 18.0. The van der Waals surface area contributed by atoms with Crippen molar-refractivity contribution in [3.8, 4) is 11.5 Å². The van der Waals surface area contributed by atoms with Crippen LogP contribution in [0.1, 0.15) is 5.56 Å². The fraction of sp³-hybridized carbons (Fsp3) is 0.150. The third-order valence-electron chi connectivity index (χ3n) is 4.03. The topological polar surface area (TPSA) is 84.9 Å². The van der Waals surface area contributed by atoms with Crippen LogP contribution in [0.4, 0.5) is 10.5 Å². The molecule has 0 aliphatic carbocycles. The van der Waals surface area contributed by atoms with E-state index >= 15 is 0 Å². The maximum atomic E-state index is 12.6. The molecule has 0 unspecified atom stereocenters. The highest BCUT2D eigenvalue weighted by Gasteiger charge is 2.36. The highest BCUT2D eigenvalue weighted by atomic mass is 79.9. The van der Waals surface area contributed by atoms with E-state index in [0.29, 0.717) is 17.2 Å². The van der Waals surface area contributed by atoms with E-state index in [9.17, 15) is 14.4 Å². The van der Waals surface area contributed by atoms with Crippen LogP contribution in [0.15, 0.2) is 51.8 Å². The Morgan fingerprint density at radius 1 is 1.14 bits per heavy atom. The van der Waals surface area contributed by atoms with Gasteiger partial charge in [0, 0.05) is 0 Å². The molecule has 1 aliphatic rings. The van der Waals surface area contributed by atoms with Gasteiger partial charge >= 0.3 is 0 Å². The second-order valence-electron chi connectivity index (χ2n) is 5.91. The van der Waals surface area contributed by atoms with Crippen molar-refractivity contribution in [2.45, 2.75) is 0 Å². The first-order valence-electron chi connectivity index (χ1n) is 8.44. The highest BCUT2D eigenvalue weighted by molar-refractivity contribution is 9.10.